The second kappa shape index (κ2) is 5.18. The summed E-state index contributed by atoms with van der Waals surface area (Å²) in [7, 11) is 0. The van der Waals surface area contributed by atoms with Crippen LogP contribution in [0.4, 0.5) is 13.2 Å². The molecule has 0 saturated carbocycles. The smallest absolute Gasteiger partial charge is 0.352 e. The van der Waals surface area contributed by atoms with Crippen LogP contribution in [0, 0.1) is 0 Å². The maximum absolute atomic E-state index is 12.7. The molecule has 0 unspecified atom stereocenters. The van der Waals surface area contributed by atoms with Crippen LogP contribution in [0.2, 0.25) is 5.02 Å². The van der Waals surface area contributed by atoms with Crippen molar-refractivity contribution >= 4 is 28.3 Å². The zero-order valence-corrected chi connectivity index (χ0v) is 11.8. The Morgan fingerprint density at radius 1 is 1.05 bits per heavy atom. The number of alkyl halides is 3. The van der Waals surface area contributed by atoms with Crippen molar-refractivity contribution in [3.05, 3.63) is 70.4 Å². The van der Waals surface area contributed by atoms with E-state index in [9.17, 15) is 18.0 Å². The summed E-state index contributed by atoms with van der Waals surface area (Å²) in [6.07, 6.45) is -4.48. The Balaban J connectivity index is 2.02. The van der Waals surface area contributed by atoms with E-state index in [1.54, 1.807) is 24.3 Å². The Morgan fingerprint density at radius 2 is 1.82 bits per heavy atom. The van der Waals surface area contributed by atoms with Gasteiger partial charge in [0.2, 0.25) is 5.78 Å². The van der Waals surface area contributed by atoms with Gasteiger partial charge in [-0.15, -0.1) is 0 Å². The molecule has 0 aliphatic carbocycles. The molecule has 6 heteroatoms. The maximum atomic E-state index is 12.7. The number of ketones is 1. The molecule has 22 heavy (non-hydrogen) atoms. The number of hydrogen-bond acceptors (Lipinski definition) is 1. The zero-order chi connectivity index (χ0) is 15.9. The highest BCUT2D eigenvalue weighted by atomic mass is 35.5. The average Bonchev–Trinajstić information content (AvgIpc) is 2.88. The molecule has 0 aliphatic heterocycles. The topological polar surface area (TPSA) is 32.9 Å². The highest BCUT2D eigenvalue weighted by Crippen LogP contribution is 2.30. The number of rotatable bonds is 2. The lowest BCUT2D eigenvalue weighted by atomic mass is 10.0. The fraction of sp³-hybridized carbons (Fsp3) is 0.0625. The lowest BCUT2D eigenvalue weighted by molar-refractivity contribution is -0.137. The highest BCUT2D eigenvalue weighted by Gasteiger charge is 2.31. The van der Waals surface area contributed by atoms with E-state index in [1.807, 2.05) is 0 Å². The highest BCUT2D eigenvalue weighted by molar-refractivity contribution is 6.31. The van der Waals surface area contributed by atoms with Gasteiger partial charge in [0.05, 0.1) is 11.3 Å². The van der Waals surface area contributed by atoms with Crippen molar-refractivity contribution in [2.45, 2.75) is 6.18 Å². The lowest BCUT2D eigenvalue weighted by Crippen LogP contribution is -2.08. The zero-order valence-electron chi connectivity index (χ0n) is 11.0. The molecule has 0 atom stereocenters. The standard InChI is InChI=1S/C16H9ClF3NO/c17-12-5-4-9-7-14(21-13(9)8-12)15(22)10-2-1-3-11(6-10)16(18,19)20/h1-8,21H. The van der Waals surface area contributed by atoms with Crippen molar-refractivity contribution in [1.29, 1.82) is 0 Å². The van der Waals surface area contributed by atoms with Gasteiger partial charge in [0.25, 0.3) is 0 Å². The molecule has 112 valence electrons. The predicted octanol–water partition coefficient (Wildman–Crippen LogP) is 5.07. The monoisotopic (exact) mass is 323 g/mol. The Bertz CT molecular complexity index is 867. The minimum Gasteiger partial charge on any atom is -0.352 e. The fourth-order valence-electron chi connectivity index (χ4n) is 2.21. The van der Waals surface area contributed by atoms with E-state index >= 15 is 0 Å². The van der Waals surface area contributed by atoms with Crippen molar-refractivity contribution < 1.29 is 18.0 Å². The second-order valence-corrected chi connectivity index (χ2v) is 5.26. The van der Waals surface area contributed by atoms with Crippen LogP contribution >= 0.6 is 11.6 Å². The Labute approximate surface area is 128 Å². The van der Waals surface area contributed by atoms with E-state index in [-0.39, 0.29) is 11.3 Å². The molecule has 1 aromatic heterocycles. The number of aromatic nitrogens is 1. The average molecular weight is 324 g/mol. The third-order valence-electron chi connectivity index (χ3n) is 3.28. The van der Waals surface area contributed by atoms with Crippen LogP contribution in [-0.4, -0.2) is 10.8 Å². The Morgan fingerprint density at radius 3 is 2.55 bits per heavy atom. The van der Waals surface area contributed by atoms with Crippen LogP contribution in [0.3, 0.4) is 0 Å². The van der Waals surface area contributed by atoms with Crippen LogP contribution in [-0.2, 0) is 6.18 Å². The fourth-order valence-corrected chi connectivity index (χ4v) is 2.39. The van der Waals surface area contributed by atoms with E-state index in [1.165, 1.54) is 12.1 Å². The van der Waals surface area contributed by atoms with Gasteiger partial charge < -0.3 is 4.98 Å². The summed E-state index contributed by atoms with van der Waals surface area (Å²) >= 11 is 5.87. The molecular weight excluding hydrogens is 315 g/mol. The number of carbonyl (C=O) groups excluding carboxylic acids is 1. The van der Waals surface area contributed by atoms with Crippen molar-refractivity contribution in [2.75, 3.05) is 0 Å². The van der Waals surface area contributed by atoms with Gasteiger partial charge in [0.15, 0.2) is 0 Å². The molecule has 0 spiro atoms. The van der Waals surface area contributed by atoms with E-state index in [4.69, 9.17) is 11.6 Å². The first kappa shape index (κ1) is 14.7. The Hall–Kier alpha value is -2.27. The third kappa shape index (κ3) is 2.72. The number of hydrogen-bond donors (Lipinski definition) is 1. The molecular formula is C16H9ClF3NO. The normalized spacial score (nSPS) is 11.8. The first-order valence-corrected chi connectivity index (χ1v) is 6.72. The summed E-state index contributed by atoms with van der Waals surface area (Å²) in [4.78, 5) is 15.2. The summed E-state index contributed by atoms with van der Waals surface area (Å²) in [5.74, 6) is -0.501. The van der Waals surface area contributed by atoms with Gasteiger partial charge in [-0.2, -0.15) is 13.2 Å². The SMILES string of the molecule is O=C(c1cccc(C(F)(F)F)c1)c1cc2ccc(Cl)cc2[nH]1. The number of halogens is 4. The van der Waals surface area contributed by atoms with Crippen molar-refractivity contribution in [3.8, 4) is 0 Å². The molecule has 0 bridgehead atoms. The number of H-pyrrole nitrogens is 1. The van der Waals surface area contributed by atoms with Gasteiger partial charge in [0.1, 0.15) is 0 Å². The van der Waals surface area contributed by atoms with Crippen molar-refractivity contribution in [1.82, 2.24) is 4.98 Å². The van der Waals surface area contributed by atoms with Crippen molar-refractivity contribution in [3.63, 3.8) is 0 Å². The first-order chi connectivity index (χ1) is 10.3. The molecule has 3 rings (SSSR count). The van der Waals surface area contributed by atoms with E-state index in [0.717, 1.165) is 17.5 Å². The summed E-state index contributed by atoms with van der Waals surface area (Å²) in [6, 6.07) is 11.0. The van der Waals surface area contributed by atoms with E-state index < -0.39 is 17.5 Å². The number of fused-ring (bicyclic) bond motifs is 1. The molecule has 1 N–H and O–H groups in total. The van der Waals surface area contributed by atoms with Gasteiger partial charge in [-0.25, -0.2) is 0 Å². The Kier molecular flexibility index (Phi) is 3.45. The van der Waals surface area contributed by atoms with E-state index in [0.29, 0.717) is 10.5 Å². The molecule has 0 radical (unpaired) electrons. The number of benzene rings is 2. The lowest BCUT2D eigenvalue weighted by Gasteiger charge is -2.07. The number of aromatic amines is 1. The molecule has 0 fully saturated rings. The number of carbonyl (C=O) groups is 1. The molecule has 3 aromatic rings. The summed E-state index contributed by atoms with van der Waals surface area (Å²) in [5.41, 5.74) is 0.00407. The second-order valence-electron chi connectivity index (χ2n) is 4.82. The minimum atomic E-state index is -4.48. The predicted molar refractivity (Wildman–Crippen MR) is 78.2 cm³/mol. The summed E-state index contributed by atoms with van der Waals surface area (Å²) in [5, 5.41) is 1.27. The number of nitrogens with one attached hydrogen (secondary N) is 1. The van der Waals surface area contributed by atoms with Crippen LogP contribution in [0.25, 0.3) is 10.9 Å². The molecule has 2 nitrogen and oxygen atoms in total. The first-order valence-electron chi connectivity index (χ1n) is 6.35. The largest absolute Gasteiger partial charge is 0.416 e. The quantitative estimate of drug-likeness (QED) is 0.656. The molecule has 0 aliphatic rings. The van der Waals surface area contributed by atoms with Gasteiger partial charge in [-0.3, -0.25) is 4.79 Å². The molecule has 1 heterocycles. The summed E-state index contributed by atoms with van der Waals surface area (Å²) in [6.45, 7) is 0. The third-order valence-corrected chi connectivity index (χ3v) is 3.52. The van der Waals surface area contributed by atoms with E-state index in [2.05, 4.69) is 4.98 Å². The van der Waals surface area contributed by atoms with Crippen LogP contribution < -0.4 is 0 Å². The van der Waals surface area contributed by atoms with Gasteiger partial charge in [-0.05, 0) is 30.3 Å². The molecule has 0 amide bonds. The van der Waals surface area contributed by atoms with Gasteiger partial charge in [0, 0.05) is 21.5 Å². The summed E-state index contributed by atoms with van der Waals surface area (Å²) < 4.78 is 38.1. The van der Waals surface area contributed by atoms with Gasteiger partial charge in [-0.1, -0.05) is 29.8 Å². The van der Waals surface area contributed by atoms with Crippen LogP contribution in [0.15, 0.2) is 48.5 Å². The van der Waals surface area contributed by atoms with Crippen LogP contribution in [0.5, 0.6) is 0 Å². The van der Waals surface area contributed by atoms with Gasteiger partial charge >= 0.3 is 6.18 Å². The van der Waals surface area contributed by atoms with Crippen molar-refractivity contribution in [2.24, 2.45) is 0 Å². The van der Waals surface area contributed by atoms with Crippen LogP contribution in [0.1, 0.15) is 21.6 Å². The minimum absolute atomic E-state index is 0.0209. The maximum Gasteiger partial charge on any atom is 0.416 e. The molecule has 0 saturated heterocycles. The molecule has 2 aromatic carbocycles.